The smallest absolute Gasteiger partial charge is 0.0894 e. The standard InChI is InChI=1S/C16H23N5/c1-12-11-20(3)13(2)10-15(12)18-14-6-4-5-7-16(14)21-9-8-17-19-21/h4-9,12-13,15,18H,10-11H2,1-3H3. The van der Waals surface area contributed by atoms with Crippen LogP contribution in [0.4, 0.5) is 5.69 Å². The van der Waals surface area contributed by atoms with E-state index in [0.717, 1.165) is 24.3 Å². The van der Waals surface area contributed by atoms with Crippen LogP contribution in [0.2, 0.25) is 0 Å². The highest BCUT2D eigenvalue weighted by molar-refractivity contribution is 5.61. The molecule has 1 aliphatic heterocycles. The summed E-state index contributed by atoms with van der Waals surface area (Å²) in [4.78, 5) is 2.44. The summed E-state index contributed by atoms with van der Waals surface area (Å²) in [6.45, 7) is 5.74. The van der Waals surface area contributed by atoms with Crippen LogP contribution in [0, 0.1) is 5.92 Å². The van der Waals surface area contributed by atoms with Crippen molar-refractivity contribution in [2.24, 2.45) is 5.92 Å². The lowest BCUT2D eigenvalue weighted by molar-refractivity contribution is 0.145. The van der Waals surface area contributed by atoms with Crippen LogP contribution in [-0.2, 0) is 0 Å². The summed E-state index contributed by atoms with van der Waals surface area (Å²) in [6, 6.07) is 9.37. The number of likely N-dealkylation sites (tertiary alicyclic amines) is 1. The van der Waals surface area contributed by atoms with Crippen molar-refractivity contribution >= 4 is 5.69 Å². The minimum absolute atomic E-state index is 0.487. The Kier molecular flexibility index (Phi) is 3.92. The predicted octanol–water partition coefficient (Wildman–Crippen LogP) is 2.41. The number of anilines is 1. The van der Waals surface area contributed by atoms with Crippen molar-refractivity contribution < 1.29 is 0 Å². The van der Waals surface area contributed by atoms with Gasteiger partial charge in [0.1, 0.15) is 0 Å². The molecule has 2 heterocycles. The van der Waals surface area contributed by atoms with Gasteiger partial charge in [0.2, 0.25) is 0 Å². The van der Waals surface area contributed by atoms with E-state index in [1.807, 2.05) is 16.9 Å². The Morgan fingerprint density at radius 1 is 1.24 bits per heavy atom. The van der Waals surface area contributed by atoms with Crippen LogP contribution in [0.15, 0.2) is 36.7 Å². The van der Waals surface area contributed by atoms with E-state index in [4.69, 9.17) is 0 Å². The lowest BCUT2D eigenvalue weighted by atomic mass is 9.89. The number of nitrogens with zero attached hydrogens (tertiary/aromatic N) is 4. The molecule has 0 radical (unpaired) electrons. The normalized spacial score (nSPS) is 26.7. The molecule has 5 nitrogen and oxygen atoms in total. The first-order chi connectivity index (χ1) is 10.1. The zero-order chi connectivity index (χ0) is 14.8. The van der Waals surface area contributed by atoms with E-state index in [2.05, 4.69) is 59.6 Å². The molecule has 0 spiro atoms. The molecule has 1 saturated heterocycles. The van der Waals surface area contributed by atoms with Gasteiger partial charge < -0.3 is 10.2 Å². The number of para-hydroxylation sites is 2. The Morgan fingerprint density at radius 2 is 2.05 bits per heavy atom. The third-order valence-electron chi connectivity index (χ3n) is 4.52. The number of hydrogen-bond donors (Lipinski definition) is 1. The first-order valence-corrected chi connectivity index (χ1v) is 7.57. The summed E-state index contributed by atoms with van der Waals surface area (Å²) in [5, 5.41) is 11.7. The van der Waals surface area contributed by atoms with Crippen LogP contribution < -0.4 is 5.32 Å². The average Bonchev–Trinajstić information content (AvgIpc) is 2.99. The molecular formula is C16H23N5. The molecule has 1 fully saturated rings. The lowest BCUT2D eigenvalue weighted by Gasteiger charge is -2.40. The van der Waals surface area contributed by atoms with Crippen molar-refractivity contribution in [1.29, 1.82) is 0 Å². The van der Waals surface area contributed by atoms with Crippen molar-refractivity contribution in [1.82, 2.24) is 19.9 Å². The largest absolute Gasteiger partial charge is 0.380 e. The van der Waals surface area contributed by atoms with Crippen LogP contribution in [0.25, 0.3) is 5.69 Å². The fourth-order valence-corrected chi connectivity index (χ4v) is 3.07. The molecule has 0 saturated carbocycles. The quantitative estimate of drug-likeness (QED) is 0.940. The van der Waals surface area contributed by atoms with Crippen LogP contribution in [-0.4, -0.2) is 45.6 Å². The molecule has 3 atom stereocenters. The molecule has 0 aliphatic carbocycles. The highest BCUT2D eigenvalue weighted by Crippen LogP contribution is 2.27. The lowest BCUT2D eigenvalue weighted by Crippen LogP contribution is -2.48. The first-order valence-electron chi connectivity index (χ1n) is 7.57. The van der Waals surface area contributed by atoms with Crippen LogP contribution in [0.5, 0.6) is 0 Å². The maximum atomic E-state index is 4.10. The van der Waals surface area contributed by atoms with E-state index < -0.39 is 0 Å². The molecule has 21 heavy (non-hydrogen) atoms. The maximum Gasteiger partial charge on any atom is 0.0894 e. The highest BCUT2D eigenvalue weighted by atomic mass is 15.4. The summed E-state index contributed by atoms with van der Waals surface area (Å²) < 4.78 is 1.81. The van der Waals surface area contributed by atoms with E-state index in [0.29, 0.717) is 18.0 Å². The molecule has 3 unspecified atom stereocenters. The van der Waals surface area contributed by atoms with Gasteiger partial charge in [-0.25, -0.2) is 4.68 Å². The van der Waals surface area contributed by atoms with Gasteiger partial charge in [0.25, 0.3) is 0 Å². The molecular weight excluding hydrogens is 262 g/mol. The third kappa shape index (κ3) is 2.93. The summed E-state index contributed by atoms with van der Waals surface area (Å²) in [6.07, 6.45) is 4.74. The van der Waals surface area contributed by atoms with Gasteiger partial charge in [0.15, 0.2) is 0 Å². The number of rotatable bonds is 3. The molecule has 5 heteroatoms. The molecule has 0 amide bonds. The Morgan fingerprint density at radius 3 is 2.81 bits per heavy atom. The Balaban J connectivity index is 1.82. The molecule has 112 valence electrons. The highest BCUT2D eigenvalue weighted by Gasteiger charge is 2.29. The fraction of sp³-hybridized carbons (Fsp3) is 0.500. The van der Waals surface area contributed by atoms with Gasteiger partial charge in [-0.15, -0.1) is 5.10 Å². The maximum absolute atomic E-state index is 4.10. The Bertz CT molecular complexity index is 580. The molecule has 3 rings (SSSR count). The van der Waals surface area contributed by atoms with Crippen LogP contribution in [0.1, 0.15) is 20.3 Å². The monoisotopic (exact) mass is 285 g/mol. The van der Waals surface area contributed by atoms with E-state index in [-0.39, 0.29) is 0 Å². The average molecular weight is 285 g/mol. The Labute approximate surface area is 126 Å². The van der Waals surface area contributed by atoms with Gasteiger partial charge in [-0.3, -0.25) is 0 Å². The molecule has 2 aromatic rings. The third-order valence-corrected chi connectivity index (χ3v) is 4.52. The van der Waals surface area contributed by atoms with Gasteiger partial charge in [0.05, 0.1) is 23.8 Å². The number of piperidine rings is 1. The summed E-state index contributed by atoms with van der Waals surface area (Å²) in [7, 11) is 2.21. The van der Waals surface area contributed by atoms with Crippen LogP contribution in [0.3, 0.4) is 0 Å². The van der Waals surface area contributed by atoms with Crippen molar-refractivity contribution in [3.05, 3.63) is 36.7 Å². The van der Waals surface area contributed by atoms with E-state index in [1.165, 1.54) is 0 Å². The zero-order valence-electron chi connectivity index (χ0n) is 12.9. The minimum Gasteiger partial charge on any atom is -0.380 e. The van der Waals surface area contributed by atoms with Gasteiger partial charge in [-0.2, -0.15) is 0 Å². The minimum atomic E-state index is 0.487. The van der Waals surface area contributed by atoms with Gasteiger partial charge in [-0.05, 0) is 38.4 Å². The number of benzene rings is 1. The Hall–Kier alpha value is -1.88. The molecule has 0 bridgehead atoms. The van der Waals surface area contributed by atoms with Crippen molar-refractivity contribution in [2.75, 3.05) is 18.9 Å². The molecule has 1 aromatic carbocycles. The SMILES string of the molecule is CC1CN(C)C(C)CC1Nc1ccccc1-n1ccnn1. The summed E-state index contributed by atoms with van der Waals surface area (Å²) >= 11 is 0. The van der Waals surface area contributed by atoms with Crippen molar-refractivity contribution in [3.63, 3.8) is 0 Å². The second-order valence-electron chi connectivity index (χ2n) is 6.12. The zero-order valence-corrected chi connectivity index (χ0v) is 12.9. The van der Waals surface area contributed by atoms with Gasteiger partial charge >= 0.3 is 0 Å². The number of aromatic nitrogens is 3. The van der Waals surface area contributed by atoms with Gasteiger partial charge in [-0.1, -0.05) is 24.3 Å². The molecule has 1 aliphatic rings. The van der Waals surface area contributed by atoms with Crippen LogP contribution >= 0.6 is 0 Å². The summed E-state index contributed by atoms with van der Waals surface area (Å²) in [5.41, 5.74) is 2.17. The fourth-order valence-electron chi connectivity index (χ4n) is 3.07. The van der Waals surface area contributed by atoms with Crippen molar-refractivity contribution in [3.8, 4) is 5.69 Å². The van der Waals surface area contributed by atoms with E-state index in [9.17, 15) is 0 Å². The second kappa shape index (κ2) is 5.85. The van der Waals surface area contributed by atoms with Gasteiger partial charge in [0, 0.05) is 18.6 Å². The van der Waals surface area contributed by atoms with E-state index >= 15 is 0 Å². The van der Waals surface area contributed by atoms with E-state index in [1.54, 1.807) is 6.20 Å². The molecule has 1 N–H and O–H groups in total. The molecule has 1 aromatic heterocycles. The number of hydrogen-bond acceptors (Lipinski definition) is 4. The first kappa shape index (κ1) is 14.1. The number of nitrogens with one attached hydrogen (secondary N) is 1. The van der Waals surface area contributed by atoms with Crippen molar-refractivity contribution in [2.45, 2.75) is 32.4 Å². The topological polar surface area (TPSA) is 46.0 Å². The predicted molar refractivity (Wildman–Crippen MR) is 84.6 cm³/mol. The summed E-state index contributed by atoms with van der Waals surface area (Å²) in [5.74, 6) is 0.620. The second-order valence-corrected chi connectivity index (χ2v) is 6.12.